The first-order valence-electron chi connectivity index (χ1n) is 16.2. The second-order valence-corrected chi connectivity index (χ2v) is 14.1. The Kier molecular flexibility index (Phi) is 6.33. The summed E-state index contributed by atoms with van der Waals surface area (Å²) in [4.78, 5) is 38.4. The van der Waals surface area contributed by atoms with Crippen molar-refractivity contribution in [2.45, 2.75) is 83.1 Å². The number of fused-ring (bicyclic) bond motifs is 2. The maximum absolute atomic E-state index is 14.1. The largest absolute Gasteiger partial charge is 0.482 e. The molecule has 11 heteroatoms. The number of hydrogen-bond donors (Lipinski definition) is 2. The third-order valence-electron chi connectivity index (χ3n) is 10.5. The van der Waals surface area contributed by atoms with Crippen molar-refractivity contribution >= 4 is 28.5 Å². The molecule has 1 aliphatic heterocycles. The summed E-state index contributed by atoms with van der Waals surface area (Å²) in [5.41, 5.74) is 9.99. The molecule has 2 amide bonds. The maximum Gasteiger partial charge on any atom is 0.254 e. The van der Waals surface area contributed by atoms with Gasteiger partial charge in [0.2, 0.25) is 5.91 Å². The van der Waals surface area contributed by atoms with Gasteiger partial charge in [-0.1, -0.05) is 0 Å². The van der Waals surface area contributed by atoms with Crippen molar-refractivity contribution in [3.05, 3.63) is 47.3 Å². The maximum atomic E-state index is 14.1. The van der Waals surface area contributed by atoms with Crippen LogP contribution in [0.1, 0.15) is 79.7 Å². The van der Waals surface area contributed by atoms with Gasteiger partial charge in [-0.05, 0) is 89.0 Å². The van der Waals surface area contributed by atoms with E-state index in [9.17, 15) is 14.0 Å². The van der Waals surface area contributed by atoms with Crippen molar-refractivity contribution < 1.29 is 18.7 Å². The Balaban J connectivity index is 1.15. The van der Waals surface area contributed by atoms with Crippen LogP contribution in [0.4, 0.5) is 4.39 Å². The van der Waals surface area contributed by atoms with E-state index in [1.165, 1.54) is 12.8 Å². The lowest BCUT2D eigenvalue weighted by Gasteiger charge is -2.64. The molecule has 9 rings (SSSR count). The number of amides is 2. The number of likely N-dealkylation sites (tertiary alicyclic amines) is 1. The number of hydrogen-bond acceptors (Lipinski definition) is 6. The molecule has 4 aliphatic carbocycles. The number of imidazole rings is 1. The van der Waals surface area contributed by atoms with Gasteiger partial charge in [0.15, 0.2) is 5.88 Å². The molecule has 10 nitrogen and oxygen atoms in total. The van der Waals surface area contributed by atoms with Crippen molar-refractivity contribution in [2.24, 2.45) is 17.1 Å². The molecule has 5 aliphatic rings. The molecule has 5 heterocycles. The fourth-order valence-corrected chi connectivity index (χ4v) is 7.82. The van der Waals surface area contributed by atoms with Gasteiger partial charge in [-0.25, -0.2) is 14.4 Å². The van der Waals surface area contributed by atoms with Gasteiger partial charge in [-0.3, -0.25) is 14.0 Å². The van der Waals surface area contributed by atoms with Gasteiger partial charge in [0.1, 0.15) is 22.7 Å². The minimum Gasteiger partial charge on any atom is -0.482 e. The van der Waals surface area contributed by atoms with Gasteiger partial charge >= 0.3 is 0 Å². The monoisotopic (exact) mass is 613 g/mol. The quantitative estimate of drug-likeness (QED) is 0.297. The van der Waals surface area contributed by atoms with Crippen molar-refractivity contribution in [3.63, 3.8) is 0 Å². The van der Waals surface area contributed by atoms with Crippen molar-refractivity contribution in [2.75, 3.05) is 20.2 Å². The smallest absolute Gasteiger partial charge is 0.254 e. The average Bonchev–Trinajstić information content (AvgIpc) is 3.67. The summed E-state index contributed by atoms with van der Waals surface area (Å²) in [6.07, 6.45) is 5.18. The number of carbonyl (C=O) groups is 2. The van der Waals surface area contributed by atoms with E-state index in [4.69, 9.17) is 20.4 Å². The molecule has 2 atom stereocenters. The summed E-state index contributed by atoms with van der Waals surface area (Å²) >= 11 is 0. The van der Waals surface area contributed by atoms with Crippen LogP contribution in [0, 0.1) is 18.3 Å². The van der Waals surface area contributed by atoms with Crippen LogP contribution >= 0.6 is 0 Å². The molecule has 4 aromatic heterocycles. The molecule has 4 aromatic rings. The summed E-state index contributed by atoms with van der Waals surface area (Å²) in [7, 11) is 1.61. The van der Waals surface area contributed by atoms with E-state index in [1.54, 1.807) is 13.2 Å². The fourth-order valence-electron chi connectivity index (χ4n) is 7.82. The Bertz CT molecular complexity index is 1850. The van der Waals surface area contributed by atoms with E-state index in [0.29, 0.717) is 55.4 Å². The van der Waals surface area contributed by atoms with Crippen LogP contribution in [-0.2, 0) is 11.3 Å². The van der Waals surface area contributed by atoms with Gasteiger partial charge in [0.25, 0.3) is 5.91 Å². The second-order valence-electron chi connectivity index (χ2n) is 14.1. The third kappa shape index (κ3) is 4.61. The fraction of sp³-hybridized carbons (Fsp3) is 0.529. The number of halogens is 1. The summed E-state index contributed by atoms with van der Waals surface area (Å²) in [5, 5.41) is 4.10. The highest BCUT2D eigenvalue weighted by molar-refractivity contribution is 5.96. The molecular formula is C34H40FN7O3. The molecule has 5 fully saturated rings. The van der Waals surface area contributed by atoms with E-state index in [2.05, 4.69) is 22.0 Å². The van der Waals surface area contributed by atoms with Crippen molar-refractivity contribution in [1.29, 1.82) is 0 Å². The number of nitrogens with one attached hydrogen (secondary N) is 1. The molecule has 236 valence electrons. The first kappa shape index (κ1) is 28.5. The number of ether oxygens (including phenoxy) is 1. The van der Waals surface area contributed by atoms with Crippen molar-refractivity contribution in [3.8, 4) is 17.3 Å². The molecule has 0 radical (unpaired) electrons. The molecule has 45 heavy (non-hydrogen) atoms. The lowest BCUT2D eigenvalue weighted by molar-refractivity contribution is -0.214. The van der Waals surface area contributed by atoms with Crippen LogP contribution in [0.25, 0.3) is 28.1 Å². The average molecular weight is 614 g/mol. The van der Waals surface area contributed by atoms with Crippen LogP contribution in [0.3, 0.4) is 0 Å². The number of nitrogens with zero attached hydrogens (tertiary/aromatic N) is 5. The number of nitrogens with two attached hydrogens (primary N) is 1. The number of carbonyl (C=O) groups excluding carboxylic acids is 2. The van der Waals surface area contributed by atoms with Crippen molar-refractivity contribution in [1.82, 2.24) is 29.2 Å². The zero-order chi connectivity index (χ0) is 31.2. The predicted molar refractivity (Wildman–Crippen MR) is 168 cm³/mol. The Morgan fingerprint density at radius 3 is 2.62 bits per heavy atom. The number of piperidine rings is 1. The minimum atomic E-state index is -1.11. The molecule has 0 spiro atoms. The highest BCUT2D eigenvalue weighted by Crippen LogP contribution is 2.69. The lowest BCUT2D eigenvalue weighted by atomic mass is 9.42. The van der Waals surface area contributed by atoms with Gasteiger partial charge in [0.05, 0.1) is 35.6 Å². The summed E-state index contributed by atoms with van der Waals surface area (Å²) in [6.45, 7) is 6.01. The van der Waals surface area contributed by atoms with E-state index >= 15 is 0 Å². The molecular weight excluding hydrogens is 573 g/mol. The normalized spacial score (nSPS) is 26.4. The van der Waals surface area contributed by atoms with E-state index in [1.807, 2.05) is 35.3 Å². The summed E-state index contributed by atoms with van der Waals surface area (Å²) < 4.78 is 24.1. The van der Waals surface area contributed by atoms with Crippen LogP contribution in [-0.4, -0.2) is 67.6 Å². The Labute approximate surface area is 261 Å². The Morgan fingerprint density at radius 2 is 1.93 bits per heavy atom. The van der Waals surface area contributed by atoms with E-state index < -0.39 is 11.1 Å². The summed E-state index contributed by atoms with van der Waals surface area (Å²) in [5.74, 6) is 0.991. The highest BCUT2D eigenvalue weighted by atomic mass is 19.1. The second kappa shape index (κ2) is 10.0. The number of pyridine rings is 2. The molecule has 0 aromatic carbocycles. The lowest BCUT2D eigenvalue weighted by Crippen LogP contribution is -2.70. The summed E-state index contributed by atoms with van der Waals surface area (Å²) in [6, 6.07) is 9.46. The Hall–Kier alpha value is -3.99. The number of aryl methyl sites for hydroxylation is 1. The van der Waals surface area contributed by atoms with Crippen LogP contribution < -0.4 is 15.8 Å². The SMILES string of the molecule is COc1cc(C(=O)N2CCC[C@@H](N)C2)cc2nc(-c3cc4ccc([C@@H](C)NC(=O)C56CC(F)(C5)C6)nc4n3CC3CC3)c(C)n12. The van der Waals surface area contributed by atoms with Crippen LogP contribution in [0.15, 0.2) is 30.3 Å². The zero-order valence-corrected chi connectivity index (χ0v) is 26.1. The van der Waals surface area contributed by atoms with Gasteiger partial charge in [0, 0.05) is 42.7 Å². The van der Waals surface area contributed by atoms with Crippen LogP contribution in [0.5, 0.6) is 5.88 Å². The van der Waals surface area contributed by atoms with Crippen LogP contribution in [0.2, 0.25) is 0 Å². The highest BCUT2D eigenvalue weighted by Gasteiger charge is 2.72. The predicted octanol–water partition coefficient (Wildman–Crippen LogP) is 4.71. The third-order valence-corrected chi connectivity index (χ3v) is 10.5. The standard InChI is InChI=1S/C34H40FN7O3/c1-19(37-32(44)33-16-34(35,17-33)18-33)25-9-8-22-11-26(41(30(22)38-25)14-21-6-7-21)29-20(2)42-27(39-29)12-23(13-28(42)45-3)31(43)40-10-4-5-24(36)15-40/h8-9,11-13,19,21,24H,4-7,10,14-18,36H2,1-3H3,(H,37,44)/t19-,24-,33?,34?/m1/s1. The number of alkyl halides is 1. The zero-order valence-electron chi connectivity index (χ0n) is 26.1. The van der Waals surface area contributed by atoms with Gasteiger partial charge in [-0.2, -0.15) is 0 Å². The molecule has 4 saturated carbocycles. The molecule has 3 N–H and O–H groups in total. The Morgan fingerprint density at radius 1 is 1.16 bits per heavy atom. The van der Waals surface area contributed by atoms with E-state index in [-0.39, 0.29) is 23.9 Å². The van der Waals surface area contributed by atoms with Gasteiger partial charge in [-0.15, -0.1) is 0 Å². The molecule has 0 unspecified atom stereocenters. The first-order chi connectivity index (χ1) is 21.6. The van der Waals surface area contributed by atoms with Gasteiger partial charge < -0.3 is 25.3 Å². The molecule has 1 saturated heterocycles. The number of methoxy groups -OCH3 is 1. The van der Waals surface area contributed by atoms with E-state index in [0.717, 1.165) is 53.2 Å². The number of rotatable bonds is 8. The number of aromatic nitrogens is 4. The minimum absolute atomic E-state index is 0.00718. The topological polar surface area (TPSA) is 120 Å². The first-order valence-corrected chi connectivity index (χ1v) is 16.2. The molecule has 2 bridgehead atoms.